The van der Waals surface area contributed by atoms with Crippen molar-refractivity contribution in [2.75, 3.05) is 13.7 Å². The molecule has 5 heteroatoms. The molecule has 1 fully saturated rings. The van der Waals surface area contributed by atoms with E-state index in [1.54, 1.807) is 13.3 Å². The van der Waals surface area contributed by atoms with Crippen molar-refractivity contribution >= 4 is 5.91 Å². The van der Waals surface area contributed by atoms with Gasteiger partial charge in [-0.05, 0) is 43.0 Å². The van der Waals surface area contributed by atoms with Gasteiger partial charge >= 0.3 is 0 Å². The average Bonchev–Trinajstić information content (AvgIpc) is 3.31. The predicted molar refractivity (Wildman–Crippen MR) is 93.0 cm³/mol. The molecule has 1 heterocycles. The summed E-state index contributed by atoms with van der Waals surface area (Å²) in [4.78, 5) is 12.9. The minimum Gasteiger partial charge on any atom is -0.497 e. The number of hydrogen-bond donors (Lipinski definition) is 1. The summed E-state index contributed by atoms with van der Waals surface area (Å²) in [6, 6.07) is 9.87. The summed E-state index contributed by atoms with van der Waals surface area (Å²) >= 11 is 0. The second-order valence-corrected chi connectivity index (χ2v) is 6.40. The number of carbonyl (C=O) groups is 1. The van der Waals surface area contributed by atoms with Crippen LogP contribution < -0.4 is 10.1 Å². The highest BCUT2D eigenvalue weighted by molar-refractivity contribution is 5.88. The van der Waals surface area contributed by atoms with Crippen molar-refractivity contribution in [3.8, 4) is 5.75 Å². The summed E-state index contributed by atoms with van der Waals surface area (Å²) in [5.74, 6) is 0.983. The molecule has 24 heavy (non-hydrogen) atoms. The molecule has 3 rings (SSSR count). The number of amides is 1. The van der Waals surface area contributed by atoms with E-state index >= 15 is 0 Å². The van der Waals surface area contributed by atoms with Gasteiger partial charge < -0.3 is 10.1 Å². The molecule has 5 nitrogen and oxygen atoms in total. The van der Waals surface area contributed by atoms with Crippen molar-refractivity contribution in [2.45, 2.75) is 44.1 Å². The van der Waals surface area contributed by atoms with Crippen LogP contribution in [0.15, 0.2) is 42.7 Å². The number of nitrogens with zero attached hydrogens (tertiary/aromatic N) is 2. The summed E-state index contributed by atoms with van der Waals surface area (Å²) in [6.07, 6.45) is 8.65. The quantitative estimate of drug-likeness (QED) is 0.796. The standard InChI is InChI=1S/C19H25N3O2/c1-24-17-8-6-16(7-9-17)19(10-2-3-11-19)18(23)20-12-4-14-22-15-5-13-21-22/h5-9,13,15H,2-4,10-12,14H2,1H3,(H,20,23). The molecule has 0 spiro atoms. The van der Waals surface area contributed by atoms with Crippen LogP contribution in [0.5, 0.6) is 5.75 Å². The molecule has 0 unspecified atom stereocenters. The van der Waals surface area contributed by atoms with Crippen LogP contribution in [0.2, 0.25) is 0 Å². The fourth-order valence-corrected chi connectivity index (χ4v) is 3.58. The van der Waals surface area contributed by atoms with E-state index in [1.165, 1.54) is 0 Å². The molecule has 1 amide bonds. The number of aromatic nitrogens is 2. The third kappa shape index (κ3) is 3.45. The Morgan fingerprint density at radius 2 is 2.04 bits per heavy atom. The Morgan fingerprint density at radius 3 is 2.67 bits per heavy atom. The average molecular weight is 327 g/mol. The highest BCUT2D eigenvalue weighted by atomic mass is 16.5. The third-order valence-corrected chi connectivity index (χ3v) is 4.94. The van der Waals surface area contributed by atoms with Crippen LogP contribution in [0.4, 0.5) is 0 Å². The van der Waals surface area contributed by atoms with Crippen molar-refractivity contribution in [2.24, 2.45) is 0 Å². The molecule has 0 saturated heterocycles. The van der Waals surface area contributed by atoms with Gasteiger partial charge in [0.2, 0.25) is 5.91 Å². The Bertz CT molecular complexity index is 644. The maximum atomic E-state index is 12.9. The lowest BCUT2D eigenvalue weighted by Gasteiger charge is -2.28. The van der Waals surface area contributed by atoms with Crippen LogP contribution in [0.3, 0.4) is 0 Å². The Labute approximate surface area is 143 Å². The topological polar surface area (TPSA) is 56.1 Å². The SMILES string of the molecule is COc1ccc(C2(C(=O)NCCCn3cccn3)CCCC2)cc1. The van der Waals surface area contributed by atoms with Gasteiger partial charge in [-0.3, -0.25) is 9.48 Å². The van der Waals surface area contributed by atoms with E-state index in [1.807, 2.05) is 41.2 Å². The molecule has 1 aliphatic rings. The lowest BCUT2D eigenvalue weighted by molar-refractivity contribution is -0.126. The van der Waals surface area contributed by atoms with Crippen molar-refractivity contribution < 1.29 is 9.53 Å². The first-order valence-electron chi connectivity index (χ1n) is 8.65. The van der Waals surface area contributed by atoms with E-state index in [2.05, 4.69) is 10.4 Å². The molecule has 1 N–H and O–H groups in total. The third-order valence-electron chi connectivity index (χ3n) is 4.94. The first kappa shape index (κ1) is 16.6. The molecule has 1 aliphatic carbocycles. The van der Waals surface area contributed by atoms with E-state index in [0.29, 0.717) is 6.54 Å². The van der Waals surface area contributed by atoms with E-state index in [0.717, 1.165) is 50.0 Å². The van der Waals surface area contributed by atoms with E-state index in [-0.39, 0.29) is 11.3 Å². The minimum absolute atomic E-state index is 0.158. The molecule has 1 aromatic carbocycles. The highest BCUT2D eigenvalue weighted by Gasteiger charge is 2.42. The van der Waals surface area contributed by atoms with Crippen LogP contribution in [0.1, 0.15) is 37.7 Å². The number of rotatable bonds is 7. The molecule has 1 aromatic heterocycles. The summed E-state index contributed by atoms with van der Waals surface area (Å²) in [5, 5.41) is 7.32. The molecule has 1 saturated carbocycles. The van der Waals surface area contributed by atoms with Gasteiger partial charge in [0.25, 0.3) is 0 Å². The minimum atomic E-state index is -0.377. The molecule has 2 aromatic rings. The second-order valence-electron chi connectivity index (χ2n) is 6.40. The van der Waals surface area contributed by atoms with Crippen molar-refractivity contribution in [1.29, 1.82) is 0 Å². The predicted octanol–water partition coefficient (Wildman–Crippen LogP) is 2.91. The summed E-state index contributed by atoms with van der Waals surface area (Å²) in [6.45, 7) is 1.50. The highest BCUT2D eigenvalue weighted by Crippen LogP contribution is 2.41. The van der Waals surface area contributed by atoms with Gasteiger partial charge in [0.15, 0.2) is 0 Å². The lowest BCUT2D eigenvalue weighted by Crippen LogP contribution is -2.43. The van der Waals surface area contributed by atoms with Crippen molar-refractivity contribution in [3.63, 3.8) is 0 Å². The van der Waals surface area contributed by atoms with Crippen molar-refractivity contribution in [3.05, 3.63) is 48.3 Å². The van der Waals surface area contributed by atoms with Gasteiger partial charge in [-0.25, -0.2) is 0 Å². The van der Waals surface area contributed by atoms with Gasteiger partial charge in [0, 0.05) is 25.5 Å². The number of benzene rings is 1. The van der Waals surface area contributed by atoms with Gasteiger partial charge in [0.1, 0.15) is 5.75 Å². The van der Waals surface area contributed by atoms with Crippen LogP contribution in [-0.2, 0) is 16.8 Å². The molecular weight excluding hydrogens is 302 g/mol. The van der Waals surface area contributed by atoms with Gasteiger partial charge in [0.05, 0.1) is 12.5 Å². The maximum absolute atomic E-state index is 12.9. The zero-order valence-corrected chi connectivity index (χ0v) is 14.2. The molecule has 0 bridgehead atoms. The number of aryl methyl sites for hydroxylation is 1. The monoisotopic (exact) mass is 327 g/mol. The summed E-state index contributed by atoms with van der Waals surface area (Å²) < 4.78 is 7.12. The molecule has 128 valence electrons. The normalized spacial score (nSPS) is 16.0. The number of methoxy groups -OCH3 is 1. The summed E-state index contributed by atoms with van der Waals surface area (Å²) in [7, 11) is 1.66. The summed E-state index contributed by atoms with van der Waals surface area (Å²) in [5.41, 5.74) is 0.725. The smallest absolute Gasteiger partial charge is 0.230 e. The van der Waals surface area contributed by atoms with Crippen molar-refractivity contribution in [1.82, 2.24) is 15.1 Å². The van der Waals surface area contributed by atoms with Gasteiger partial charge in [-0.2, -0.15) is 5.10 Å². The van der Waals surface area contributed by atoms with Gasteiger partial charge in [-0.1, -0.05) is 25.0 Å². The number of hydrogen-bond acceptors (Lipinski definition) is 3. The molecule has 0 atom stereocenters. The Kier molecular flexibility index (Phi) is 5.18. The van der Waals surface area contributed by atoms with Crippen LogP contribution in [0.25, 0.3) is 0 Å². The van der Waals surface area contributed by atoms with Crippen LogP contribution in [0, 0.1) is 0 Å². The van der Waals surface area contributed by atoms with Gasteiger partial charge in [-0.15, -0.1) is 0 Å². The van der Waals surface area contributed by atoms with E-state index in [4.69, 9.17) is 4.74 Å². The Hall–Kier alpha value is -2.30. The Morgan fingerprint density at radius 1 is 1.29 bits per heavy atom. The first-order valence-corrected chi connectivity index (χ1v) is 8.65. The van der Waals surface area contributed by atoms with E-state index in [9.17, 15) is 4.79 Å². The second kappa shape index (κ2) is 7.51. The zero-order valence-electron chi connectivity index (χ0n) is 14.2. The largest absolute Gasteiger partial charge is 0.497 e. The maximum Gasteiger partial charge on any atom is 0.230 e. The zero-order chi connectivity index (χ0) is 16.8. The fourth-order valence-electron chi connectivity index (χ4n) is 3.58. The first-order chi connectivity index (χ1) is 11.7. The fraction of sp³-hybridized carbons (Fsp3) is 0.474. The number of carbonyl (C=O) groups excluding carboxylic acids is 1. The lowest BCUT2D eigenvalue weighted by atomic mass is 9.78. The van der Waals surface area contributed by atoms with Crippen LogP contribution in [-0.4, -0.2) is 29.3 Å². The Balaban J connectivity index is 1.62. The number of ether oxygens (including phenoxy) is 1. The van der Waals surface area contributed by atoms with Crippen LogP contribution >= 0.6 is 0 Å². The van der Waals surface area contributed by atoms with E-state index < -0.39 is 0 Å². The molecular formula is C19H25N3O2. The number of nitrogens with one attached hydrogen (secondary N) is 1. The molecule has 0 radical (unpaired) electrons. The molecule has 0 aliphatic heterocycles.